The van der Waals surface area contributed by atoms with Gasteiger partial charge in [0.1, 0.15) is 11.9 Å². The first-order valence-electron chi connectivity index (χ1n) is 11.3. The standard InChI is InChI=1S/C24H31N7O/c25-19-22-7-4-8-26-23(22)30-15-17-31(18-16-30)24(32)27-9-10-28-11-13-29(14-12-28)20-21-5-2-1-3-6-21/h1-8H,9-18,20H2,(H,27,32). The number of benzene rings is 1. The average Bonchev–Trinajstić information content (AvgIpc) is 2.86. The van der Waals surface area contributed by atoms with E-state index in [0.29, 0.717) is 44.1 Å². The van der Waals surface area contributed by atoms with Gasteiger partial charge in [0.15, 0.2) is 0 Å². The Bertz CT molecular complexity index is 913. The summed E-state index contributed by atoms with van der Waals surface area (Å²) in [7, 11) is 0. The predicted octanol–water partition coefficient (Wildman–Crippen LogP) is 1.60. The number of pyridine rings is 1. The van der Waals surface area contributed by atoms with Crippen LogP contribution in [0.15, 0.2) is 48.7 Å². The Labute approximate surface area is 190 Å². The van der Waals surface area contributed by atoms with E-state index in [1.807, 2.05) is 4.90 Å². The number of carbonyl (C=O) groups is 1. The van der Waals surface area contributed by atoms with E-state index in [0.717, 1.165) is 39.3 Å². The minimum atomic E-state index is -0.00566. The molecule has 32 heavy (non-hydrogen) atoms. The zero-order chi connectivity index (χ0) is 22.2. The van der Waals surface area contributed by atoms with Gasteiger partial charge in [-0.05, 0) is 17.7 Å². The van der Waals surface area contributed by atoms with E-state index in [4.69, 9.17) is 0 Å². The molecule has 2 aromatic rings. The van der Waals surface area contributed by atoms with E-state index in [-0.39, 0.29) is 6.03 Å². The highest BCUT2D eigenvalue weighted by Crippen LogP contribution is 2.18. The lowest BCUT2D eigenvalue weighted by molar-refractivity contribution is 0.127. The molecule has 0 aliphatic carbocycles. The summed E-state index contributed by atoms with van der Waals surface area (Å²) in [5, 5.41) is 12.4. The number of piperazine rings is 2. The average molecular weight is 434 g/mol. The van der Waals surface area contributed by atoms with Crippen molar-refractivity contribution in [1.29, 1.82) is 5.26 Å². The van der Waals surface area contributed by atoms with Crippen molar-refractivity contribution in [2.24, 2.45) is 0 Å². The van der Waals surface area contributed by atoms with Gasteiger partial charge in [0, 0.05) is 78.2 Å². The first kappa shape index (κ1) is 22.1. The number of rotatable bonds is 6. The molecule has 8 nitrogen and oxygen atoms in total. The Morgan fingerprint density at radius 3 is 2.38 bits per heavy atom. The highest BCUT2D eigenvalue weighted by Gasteiger charge is 2.23. The summed E-state index contributed by atoms with van der Waals surface area (Å²) in [6.07, 6.45) is 1.71. The molecule has 0 radical (unpaired) electrons. The fourth-order valence-corrected chi connectivity index (χ4v) is 4.30. The minimum absolute atomic E-state index is 0.00566. The van der Waals surface area contributed by atoms with E-state index >= 15 is 0 Å². The Balaban J connectivity index is 1.13. The second kappa shape index (κ2) is 10.9. The van der Waals surface area contributed by atoms with Crippen LogP contribution in [-0.4, -0.2) is 91.2 Å². The third-order valence-electron chi connectivity index (χ3n) is 6.19. The van der Waals surface area contributed by atoms with Crippen molar-refractivity contribution in [3.63, 3.8) is 0 Å². The molecular weight excluding hydrogens is 402 g/mol. The van der Waals surface area contributed by atoms with Crippen LogP contribution in [-0.2, 0) is 6.54 Å². The van der Waals surface area contributed by atoms with Gasteiger partial charge in [-0.25, -0.2) is 9.78 Å². The second-order valence-electron chi connectivity index (χ2n) is 8.30. The zero-order valence-electron chi connectivity index (χ0n) is 18.5. The van der Waals surface area contributed by atoms with Gasteiger partial charge in [-0.2, -0.15) is 5.26 Å². The van der Waals surface area contributed by atoms with Crippen LogP contribution < -0.4 is 10.2 Å². The lowest BCUT2D eigenvalue weighted by Gasteiger charge is -2.36. The SMILES string of the molecule is N#Cc1cccnc1N1CCN(C(=O)NCCN2CCN(Cc3ccccc3)CC2)CC1. The number of carbonyl (C=O) groups excluding carboxylic acids is 1. The molecule has 2 aliphatic heterocycles. The monoisotopic (exact) mass is 433 g/mol. The number of aromatic nitrogens is 1. The molecule has 2 amide bonds. The Hall–Kier alpha value is -3.15. The normalized spacial score (nSPS) is 17.7. The molecule has 1 aromatic carbocycles. The summed E-state index contributed by atoms with van der Waals surface area (Å²) < 4.78 is 0. The number of amides is 2. The largest absolute Gasteiger partial charge is 0.352 e. The molecule has 2 fully saturated rings. The first-order chi connectivity index (χ1) is 15.7. The molecule has 2 saturated heterocycles. The van der Waals surface area contributed by atoms with Gasteiger partial charge >= 0.3 is 6.03 Å². The topological polar surface area (TPSA) is 78.7 Å². The number of nitrogens with zero attached hydrogens (tertiary/aromatic N) is 6. The Kier molecular flexibility index (Phi) is 7.54. The molecule has 0 unspecified atom stereocenters. The molecule has 4 rings (SSSR count). The van der Waals surface area contributed by atoms with Crippen molar-refractivity contribution in [1.82, 2.24) is 25.0 Å². The highest BCUT2D eigenvalue weighted by atomic mass is 16.2. The molecule has 0 saturated carbocycles. The lowest BCUT2D eigenvalue weighted by Crippen LogP contribution is -2.53. The van der Waals surface area contributed by atoms with Crippen molar-refractivity contribution in [2.45, 2.75) is 6.54 Å². The molecule has 2 aliphatic rings. The van der Waals surface area contributed by atoms with Crippen molar-refractivity contribution in [2.75, 3.05) is 70.3 Å². The van der Waals surface area contributed by atoms with E-state index in [9.17, 15) is 10.1 Å². The van der Waals surface area contributed by atoms with Gasteiger partial charge in [0.2, 0.25) is 0 Å². The van der Waals surface area contributed by atoms with E-state index in [2.05, 4.69) is 61.4 Å². The van der Waals surface area contributed by atoms with Crippen LogP contribution in [0, 0.1) is 11.3 Å². The Morgan fingerprint density at radius 2 is 1.66 bits per heavy atom. The third-order valence-corrected chi connectivity index (χ3v) is 6.19. The number of hydrogen-bond donors (Lipinski definition) is 1. The van der Waals surface area contributed by atoms with Crippen molar-refractivity contribution in [3.05, 3.63) is 59.8 Å². The maximum absolute atomic E-state index is 12.6. The van der Waals surface area contributed by atoms with Gasteiger partial charge in [0.25, 0.3) is 0 Å². The van der Waals surface area contributed by atoms with Crippen molar-refractivity contribution < 1.29 is 4.79 Å². The number of nitriles is 1. The van der Waals surface area contributed by atoms with Crippen molar-refractivity contribution in [3.8, 4) is 6.07 Å². The van der Waals surface area contributed by atoms with Crippen LogP contribution in [0.25, 0.3) is 0 Å². The second-order valence-corrected chi connectivity index (χ2v) is 8.30. The Morgan fingerprint density at radius 1 is 0.938 bits per heavy atom. The molecule has 0 spiro atoms. The van der Waals surface area contributed by atoms with Crippen LogP contribution in [0.4, 0.5) is 10.6 Å². The van der Waals surface area contributed by atoms with Crippen LogP contribution in [0.1, 0.15) is 11.1 Å². The van der Waals surface area contributed by atoms with Crippen LogP contribution in [0.5, 0.6) is 0 Å². The number of nitrogens with one attached hydrogen (secondary N) is 1. The number of urea groups is 1. The van der Waals surface area contributed by atoms with Gasteiger partial charge in [-0.15, -0.1) is 0 Å². The molecule has 168 valence electrons. The zero-order valence-corrected chi connectivity index (χ0v) is 18.5. The van der Waals surface area contributed by atoms with Gasteiger partial charge < -0.3 is 15.1 Å². The fraction of sp³-hybridized carbons (Fsp3) is 0.458. The van der Waals surface area contributed by atoms with Crippen LogP contribution >= 0.6 is 0 Å². The molecule has 3 heterocycles. The highest BCUT2D eigenvalue weighted by molar-refractivity contribution is 5.74. The fourth-order valence-electron chi connectivity index (χ4n) is 4.30. The van der Waals surface area contributed by atoms with E-state index in [1.165, 1.54) is 5.56 Å². The maximum atomic E-state index is 12.6. The van der Waals surface area contributed by atoms with Crippen LogP contribution in [0.3, 0.4) is 0 Å². The van der Waals surface area contributed by atoms with Gasteiger partial charge in [-0.3, -0.25) is 9.80 Å². The molecule has 8 heteroatoms. The summed E-state index contributed by atoms with van der Waals surface area (Å²) in [6, 6.07) is 16.3. The minimum Gasteiger partial charge on any atom is -0.352 e. The molecule has 0 atom stereocenters. The molecule has 1 aromatic heterocycles. The molecule has 1 N–H and O–H groups in total. The van der Waals surface area contributed by atoms with Gasteiger partial charge in [-0.1, -0.05) is 30.3 Å². The van der Waals surface area contributed by atoms with E-state index in [1.54, 1.807) is 18.3 Å². The first-order valence-corrected chi connectivity index (χ1v) is 11.3. The summed E-state index contributed by atoms with van der Waals surface area (Å²) >= 11 is 0. The van der Waals surface area contributed by atoms with Gasteiger partial charge in [0.05, 0.1) is 5.56 Å². The summed E-state index contributed by atoms with van der Waals surface area (Å²) in [5.41, 5.74) is 1.94. The van der Waals surface area contributed by atoms with Crippen LogP contribution in [0.2, 0.25) is 0 Å². The summed E-state index contributed by atoms with van der Waals surface area (Å²) in [5.74, 6) is 0.710. The summed E-state index contributed by atoms with van der Waals surface area (Å²) in [6.45, 7) is 9.36. The smallest absolute Gasteiger partial charge is 0.317 e. The third kappa shape index (κ3) is 5.75. The number of anilines is 1. The summed E-state index contributed by atoms with van der Waals surface area (Å²) in [4.78, 5) is 25.8. The van der Waals surface area contributed by atoms with Crippen molar-refractivity contribution >= 4 is 11.8 Å². The quantitative estimate of drug-likeness (QED) is 0.746. The molecule has 0 bridgehead atoms. The number of hydrogen-bond acceptors (Lipinski definition) is 6. The molecular formula is C24H31N7O. The lowest BCUT2D eigenvalue weighted by atomic mass is 10.2. The predicted molar refractivity (Wildman–Crippen MR) is 124 cm³/mol. The van der Waals surface area contributed by atoms with E-state index < -0.39 is 0 Å². The maximum Gasteiger partial charge on any atom is 0.317 e.